The van der Waals surface area contributed by atoms with E-state index in [9.17, 15) is 4.79 Å². The van der Waals surface area contributed by atoms with E-state index in [0.717, 1.165) is 22.5 Å². The summed E-state index contributed by atoms with van der Waals surface area (Å²) in [7, 11) is 1.89. The van der Waals surface area contributed by atoms with Gasteiger partial charge in [-0.3, -0.25) is 9.48 Å². The lowest BCUT2D eigenvalue weighted by Crippen LogP contribution is -2.38. The predicted octanol–water partition coefficient (Wildman–Crippen LogP) is 2.79. The number of amides is 1. The molecule has 0 unspecified atom stereocenters. The van der Waals surface area contributed by atoms with Crippen LogP contribution in [-0.4, -0.2) is 33.2 Å². The van der Waals surface area contributed by atoms with E-state index in [-0.39, 0.29) is 11.9 Å². The molecule has 1 amide bonds. The summed E-state index contributed by atoms with van der Waals surface area (Å²) >= 11 is 1.46. The van der Waals surface area contributed by atoms with Crippen molar-refractivity contribution in [2.24, 2.45) is 13.0 Å². The first-order valence-electron chi connectivity index (χ1n) is 7.42. The topological polar surface area (TPSA) is 64.2 Å². The van der Waals surface area contributed by atoms with Crippen LogP contribution in [-0.2, 0) is 7.05 Å². The second-order valence-corrected chi connectivity index (χ2v) is 7.23. The number of nitrogen functional groups attached to an aromatic ring is 1. The predicted molar refractivity (Wildman–Crippen MR) is 86.6 cm³/mol. The van der Waals surface area contributed by atoms with Crippen molar-refractivity contribution in [2.45, 2.75) is 39.7 Å². The minimum Gasteiger partial charge on any atom is -0.397 e. The lowest BCUT2D eigenvalue weighted by Gasteiger charge is -2.26. The van der Waals surface area contributed by atoms with E-state index in [0.29, 0.717) is 16.5 Å². The standard InChI is InChI=1S/C15H22N4OS/c1-8(2)19(7-10-5-6-10)14(20)13-12(16)11-9(3)17-18(4)15(11)21-13/h8,10H,5-7,16H2,1-4H3. The molecule has 6 heteroatoms. The number of aromatic nitrogens is 2. The molecule has 0 aromatic carbocycles. The van der Waals surface area contributed by atoms with Crippen molar-refractivity contribution in [3.05, 3.63) is 10.6 Å². The van der Waals surface area contributed by atoms with Gasteiger partial charge in [-0.25, -0.2) is 0 Å². The number of aryl methyl sites for hydroxylation is 2. The molecule has 1 aliphatic rings. The third-order valence-corrected chi connectivity index (χ3v) is 5.37. The average molecular weight is 306 g/mol. The molecule has 2 aromatic heterocycles. The van der Waals surface area contributed by atoms with Crippen LogP contribution in [0.2, 0.25) is 0 Å². The summed E-state index contributed by atoms with van der Waals surface area (Å²) in [4.78, 5) is 16.5. The third-order valence-electron chi connectivity index (χ3n) is 4.11. The largest absolute Gasteiger partial charge is 0.397 e. The average Bonchev–Trinajstić information content (AvgIpc) is 3.10. The van der Waals surface area contributed by atoms with E-state index in [1.165, 1.54) is 24.2 Å². The van der Waals surface area contributed by atoms with E-state index < -0.39 is 0 Å². The summed E-state index contributed by atoms with van der Waals surface area (Å²) in [6, 6.07) is 0.196. The van der Waals surface area contributed by atoms with Crippen molar-refractivity contribution >= 4 is 33.1 Å². The second-order valence-electron chi connectivity index (χ2n) is 6.23. The number of anilines is 1. The normalized spacial score (nSPS) is 15.1. The van der Waals surface area contributed by atoms with Crippen LogP contribution in [0.25, 0.3) is 10.2 Å². The number of nitrogens with zero attached hydrogens (tertiary/aromatic N) is 3. The number of thiophene rings is 1. The van der Waals surface area contributed by atoms with E-state index in [1.807, 2.05) is 23.6 Å². The lowest BCUT2D eigenvalue weighted by molar-refractivity contribution is 0.0702. The monoisotopic (exact) mass is 306 g/mol. The Kier molecular flexibility index (Phi) is 3.43. The van der Waals surface area contributed by atoms with Crippen LogP contribution in [0.3, 0.4) is 0 Å². The molecular weight excluding hydrogens is 284 g/mol. The van der Waals surface area contributed by atoms with Gasteiger partial charge in [0.05, 0.1) is 16.8 Å². The van der Waals surface area contributed by atoms with Gasteiger partial charge in [0.15, 0.2) is 0 Å². The van der Waals surface area contributed by atoms with Crippen molar-refractivity contribution in [2.75, 3.05) is 12.3 Å². The van der Waals surface area contributed by atoms with Gasteiger partial charge in [-0.2, -0.15) is 5.10 Å². The highest BCUT2D eigenvalue weighted by atomic mass is 32.1. The highest BCUT2D eigenvalue weighted by Gasteiger charge is 2.31. The van der Waals surface area contributed by atoms with Gasteiger partial charge in [0.1, 0.15) is 9.71 Å². The van der Waals surface area contributed by atoms with Crippen LogP contribution >= 0.6 is 11.3 Å². The second kappa shape index (κ2) is 5.02. The van der Waals surface area contributed by atoms with Gasteiger partial charge in [-0.1, -0.05) is 0 Å². The first kappa shape index (κ1) is 14.4. The van der Waals surface area contributed by atoms with Crippen molar-refractivity contribution in [1.82, 2.24) is 14.7 Å². The smallest absolute Gasteiger partial charge is 0.266 e. The Bertz CT molecular complexity index is 696. The molecule has 3 rings (SSSR count). The molecule has 1 aliphatic carbocycles. The summed E-state index contributed by atoms with van der Waals surface area (Å²) in [5, 5.41) is 5.30. The third kappa shape index (κ3) is 2.41. The highest BCUT2D eigenvalue weighted by molar-refractivity contribution is 7.21. The van der Waals surface area contributed by atoms with E-state index in [4.69, 9.17) is 5.73 Å². The fourth-order valence-electron chi connectivity index (χ4n) is 2.73. The quantitative estimate of drug-likeness (QED) is 0.944. The summed E-state index contributed by atoms with van der Waals surface area (Å²) < 4.78 is 1.81. The molecule has 0 bridgehead atoms. The Hall–Kier alpha value is -1.56. The SMILES string of the molecule is Cc1nn(C)c2sc(C(=O)N(CC3CC3)C(C)C)c(N)c12. The van der Waals surface area contributed by atoms with Crippen LogP contribution in [0.15, 0.2) is 0 Å². The van der Waals surface area contributed by atoms with Crippen molar-refractivity contribution < 1.29 is 4.79 Å². The van der Waals surface area contributed by atoms with Gasteiger partial charge in [-0.05, 0) is 39.5 Å². The maximum Gasteiger partial charge on any atom is 0.266 e. The maximum atomic E-state index is 12.9. The summed E-state index contributed by atoms with van der Waals surface area (Å²) in [6.07, 6.45) is 2.48. The van der Waals surface area contributed by atoms with Gasteiger partial charge >= 0.3 is 0 Å². The van der Waals surface area contributed by atoms with E-state index in [2.05, 4.69) is 18.9 Å². The fourth-order valence-corrected chi connectivity index (χ4v) is 3.87. The molecule has 0 atom stereocenters. The molecule has 1 saturated carbocycles. The zero-order chi connectivity index (χ0) is 15.3. The number of rotatable bonds is 4. The van der Waals surface area contributed by atoms with Gasteiger partial charge < -0.3 is 10.6 Å². The highest BCUT2D eigenvalue weighted by Crippen LogP contribution is 2.37. The number of carbonyl (C=O) groups is 1. The van der Waals surface area contributed by atoms with Crippen LogP contribution in [0.4, 0.5) is 5.69 Å². The van der Waals surface area contributed by atoms with Crippen molar-refractivity contribution in [1.29, 1.82) is 0 Å². The molecule has 114 valence electrons. The first-order chi connectivity index (χ1) is 9.90. The van der Waals surface area contributed by atoms with Gasteiger partial charge in [-0.15, -0.1) is 11.3 Å². The summed E-state index contributed by atoms with van der Waals surface area (Å²) in [6.45, 7) is 6.92. The molecule has 0 saturated heterocycles. The Morgan fingerprint density at radius 2 is 2.19 bits per heavy atom. The van der Waals surface area contributed by atoms with Crippen LogP contribution < -0.4 is 5.73 Å². The van der Waals surface area contributed by atoms with Crippen LogP contribution in [0.1, 0.15) is 42.1 Å². The number of hydrogen-bond donors (Lipinski definition) is 1. The Balaban J connectivity index is 1.99. The number of hydrogen-bond acceptors (Lipinski definition) is 4. The molecular formula is C15H22N4OS. The number of fused-ring (bicyclic) bond motifs is 1. The Morgan fingerprint density at radius 3 is 2.71 bits per heavy atom. The molecule has 0 spiro atoms. The van der Waals surface area contributed by atoms with Crippen molar-refractivity contribution in [3.8, 4) is 0 Å². The molecule has 2 N–H and O–H groups in total. The molecule has 1 fully saturated rings. The summed E-state index contributed by atoms with van der Waals surface area (Å²) in [5.41, 5.74) is 7.73. The lowest BCUT2D eigenvalue weighted by atomic mass is 10.2. The molecule has 0 aliphatic heterocycles. The molecule has 0 radical (unpaired) electrons. The Morgan fingerprint density at radius 1 is 1.52 bits per heavy atom. The maximum absolute atomic E-state index is 12.9. The molecule has 21 heavy (non-hydrogen) atoms. The molecule has 2 aromatic rings. The van der Waals surface area contributed by atoms with Crippen LogP contribution in [0, 0.1) is 12.8 Å². The van der Waals surface area contributed by atoms with E-state index in [1.54, 1.807) is 0 Å². The minimum absolute atomic E-state index is 0.0648. The van der Waals surface area contributed by atoms with Crippen LogP contribution in [0.5, 0.6) is 0 Å². The molecule has 2 heterocycles. The zero-order valence-electron chi connectivity index (χ0n) is 13.0. The van der Waals surface area contributed by atoms with E-state index >= 15 is 0 Å². The summed E-state index contributed by atoms with van der Waals surface area (Å²) in [5.74, 6) is 0.741. The first-order valence-corrected chi connectivity index (χ1v) is 8.24. The van der Waals surface area contributed by atoms with Gasteiger partial charge in [0.2, 0.25) is 0 Å². The Labute approximate surface area is 128 Å². The van der Waals surface area contributed by atoms with Crippen molar-refractivity contribution in [3.63, 3.8) is 0 Å². The number of carbonyl (C=O) groups excluding carboxylic acids is 1. The molecule has 5 nitrogen and oxygen atoms in total. The van der Waals surface area contributed by atoms with Gasteiger partial charge in [0.25, 0.3) is 5.91 Å². The minimum atomic E-state index is 0.0648. The van der Waals surface area contributed by atoms with Gasteiger partial charge in [0, 0.05) is 19.6 Å². The number of nitrogens with two attached hydrogens (primary N) is 1. The zero-order valence-corrected chi connectivity index (χ0v) is 13.8. The fraction of sp³-hybridized carbons (Fsp3) is 0.600.